The summed E-state index contributed by atoms with van der Waals surface area (Å²) in [6.45, 7) is 1.70. The molecular weight excluding hydrogens is 244 g/mol. The Hall–Kier alpha value is -1.27. The number of aromatic nitrogens is 3. The van der Waals surface area contributed by atoms with Crippen LogP contribution in [-0.2, 0) is 9.47 Å². The molecule has 1 aliphatic heterocycles. The van der Waals surface area contributed by atoms with Crippen molar-refractivity contribution in [2.75, 3.05) is 25.6 Å². The molecule has 0 amide bonds. The predicted octanol–water partition coefficient (Wildman–Crippen LogP) is 1.59. The van der Waals surface area contributed by atoms with Gasteiger partial charge in [0.25, 0.3) is 0 Å². The Labute approximate surface area is 112 Å². The van der Waals surface area contributed by atoms with E-state index in [0.29, 0.717) is 37.5 Å². The van der Waals surface area contributed by atoms with Crippen molar-refractivity contribution in [3.63, 3.8) is 0 Å². The van der Waals surface area contributed by atoms with E-state index in [-0.39, 0.29) is 6.10 Å². The molecule has 0 spiro atoms. The van der Waals surface area contributed by atoms with E-state index >= 15 is 0 Å². The van der Waals surface area contributed by atoms with Gasteiger partial charge in [-0.15, -0.1) is 0 Å². The van der Waals surface area contributed by atoms with E-state index in [1.54, 1.807) is 0 Å². The van der Waals surface area contributed by atoms with Gasteiger partial charge in [-0.1, -0.05) is 19.3 Å². The summed E-state index contributed by atoms with van der Waals surface area (Å²) in [5.41, 5.74) is 5.81. The largest absolute Gasteiger partial charge is 0.376 e. The van der Waals surface area contributed by atoms with Gasteiger partial charge in [-0.3, -0.25) is 0 Å². The minimum absolute atomic E-state index is 0.207. The van der Waals surface area contributed by atoms with Gasteiger partial charge in [0.1, 0.15) is 11.9 Å². The number of rotatable bonds is 2. The zero-order valence-corrected chi connectivity index (χ0v) is 11.0. The molecule has 1 aliphatic carbocycles. The van der Waals surface area contributed by atoms with Crippen molar-refractivity contribution in [3.05, 3.63) is 11.6 Å². The summed E-state index contributed by atoms with van der Waals surface area (Å²) in [7, 11) is 0. The number of ether oxygens (including phenoxy) is 2. The van der Waals surface area contributed by atoms with E-state index in [4.69, 9.17) is 15.2 Å². The van der Waals surface area contributed by atoms with Gasteiger partial charge in [0.15, 0.2) is 5.82 Å². The lowest BCUT2D eigenvalue weighted by Crippen LogP contribution is -2.25. The zero-order chi connectivity index (χ0) is 13.1. The van der Waals surface area contributed by atoms with Crippen molar-refractivity contribution in [2.45, 2.75) is 44.1 Å². The van der Waals surface area contributed by atoms with Crippen molar-refractivity contribution in [2.24, 2.45) is 0 Å². The Morgan fingerprint density at radius 2 is 1.74 bits per heavy atom. The molecule has 6 heteroatoms. The third-order valence-electron chi connectivity index (χ3n) is 3.76. The third-order valence-corrected chi connectivity index (χ3v) is 3.76. The van der Waals surface area contributed by atoms with Gasteiger partial charge in [-0.25, -0.2) is 4.98 Å². The molecule has 2 aliphatic rings. The molecule has 19 heavy (non-hydrogen) atoms. The van der Waals surface area contributed by atoms with Crippen LogP contribution in [0.1, 0.15) is 55.8 Å². The fourth-order valence-corrected chi connectivity index (χ4v) is 2.75. The van der Waals surface area contributed by atoms with Crippen molar-refractivity contribution < 1.29 is 9.47 Å². The molecule has 2 heterocycles. The highest BCUT2D eigenvalue weighted by atomic mass is 16.6. The first-order valence-corrected chi connectivity index (χ1v) is 7.03. The molecule has 2 fully saturated rings. The summed E-state index contributed by atoms with van der Waals surface area (Å²) in [6, 6.07) is 0. The monoisotopic (exact) mass is 264 g/mol. The van der Waals surface area contributed by atoms with Crippen LogP contribution in [0.25, 0.3) is 0 Å². The molecule has 1 aromatic heterocycles. The smallest absolute Gasteiger partial charge is 0.223 e. The predicted molar refractivity (Wildman–Crippen MR) is 69.6 cm³/mol. The second kappa shape index (κ2) is 5.79. The molecule has 1 saturated heterocycles. The van der Waals surface area contributed by atoms with E-state index in [1.807, 2.05) is 0 Å². The minimum atomic E-state index is -0.207. The number of hydrogen-bond acceptors (Lipinski definition) is 6. The number of nitrogens with zero attached hydrogens (tertiary/aromatic N) is 3. The fraction of sp³-hybridized carbons (Fsp3) is 0.769. The molecule has 1 saturated carbocycles. The van der Waals surface area contributed by atoms with Crippen molar-refractivity contribution >= 4 is 5.95 Å². The molecule has 2 N–H and O–H groups in total. The Morgan fingerprint density at radius 3 is 2.47 bits per heavy atom. The van der Waals surface area contributed by atoms with Crippen molar-refractivity contribution in [3.8, 4) is 0 Å². The zero-order valence-electron chi connectivity index (χ0n) is 11.0. The second-order valence-corrected chi connectivity index (χ2v) is 5.18. The lowest BCUT2D eigenvalue weighted by atomic mass is 9.89. The lowest BCUT2D eigenvalue weighted by Gasteiger charge is -2.24. The van der Waals surface area contributed by atoms with Gasteiger partial charge in [-0.05, 0) is 12.8 Å². The maximum absolute atomic E-state index is 5.81. The van der Waals surface area contributed by atoms with E-state index in [0.717, 1.165) is 18.7 Å². The van der Waals surface area contributed by atoms with Crippen molar-refractivity contribution in [1.82, 2.24) is 15.0 Å². The minimum Gasteiger partial charge on any atom is -0.376 e. The molecule has 3 rings (SSSR count). The molecule has 104 valence electrons. The first kappa shape index (κ1) is 12.7. The standard InChI is InChI=1S/C13H20N4O2/c14-13-16-11(9-4-2-1-3-5-9)15-12(17-13)10-8-18-6-7-19-10/h9-10H,1-8H2,(H2,14,15,16,17). The average Bonchev–Trinajstić information content (AvgIpc) is 2.48. The summed E-state index contributed by atoms with van der Waals surface area (Å²) in [5, 5.41) is 0. The normalized spacial score (nSPS) is 25.4. The van der Waals surface area contributed by atoms with Crippen LogP contribution in [0, 0.1) is 0 Å². The van der Waals surface area contributed by atoms with E-state index < -0.39 is 0 Å². The Kier molecular flexibility index (Phi) is 3.89. The molecule has 6 nitrogen and oxygen atoms in total. The SMILES string of the molecule is Nc1nc(C2CCCCC2)nc(C2COCCO2)n1. The summed E-state index contributed by atoms with van der Waals surface area (Å²) < 4.78 is 11.0. The molecule has 1 atom stereocenters. The van der Waals surface area contributed by atoms with E-state index in [2.05, 4.69) is 15.0 Å². The Morgan fingerprint density at radius 1 is 0.947 bits per heavy atom. The number of anilines is 1. The highest BCUT2D eigenvalue weighted by Gasteiger charge is 2.24. The van der Waals surface area contributed by atoms with Gasteiger partial charge in [0.2, 0.25) is 5.95 Å². The quantitative estimate of drug-likeness (QED) is 0.873. The molecule has 0 bridgehead atoms. The first-order chi connectivity index (χ1) is 9.33. The topological polar surface area (TPSA) is 83.2 Å². The fourth-order valence-electron chi connectivity index (χ4n) is 2.75. The van der Waals surface area contributed by atoms with Gasteiger partial charge in [-0.2, -0.15) is 9.97 Å². The average molecular weight is 264 g/mol. The molecule has 1 unspecified atom stereocenters. The van der Waals surface area contributed by atoms with Crippen molar-refractivity contribution in [1.29, 1.82) is 0 Å². The number of hydrogen-bond donors (Lipinski definition) is 1. The summed E-state index contributed by atoms with van der Waals surface area (Å²) >= 11 is 0. The van der Waals surface area contributed by atoms with Crippen LogP contribution >= 0.6 is 0 Å². The molecular formula is C13H20N4O2. The summed E-state index contributed by atoms with van der Waals surface area (Å²) in [6.07, 6.45) is 5.88. The van der Waals surface area contributed by atoms with Gasteiger partial charge < -0.3 is 15.2 Å². The third kappa shape index (κ3) is 3.01. The maximum atomic E-state index is 5.81. The highest BCUT2D eigenvalue weighted by Crippen LogP contribution is 2.31. The summed E-state index contributed by atoms with van der Waals surface area (Å²) in [5.74, 6) is 2.16. The molecule has 0 aromatic carbocycles. The lowest BCUT2D eigenvalue weighted by molar-refractivity contribution is -0.0936. The van der Waals surface area contributed by atoms with Crippen LogP contribution in [-0.4, -0.2) is 34.8 Å². The van der Waals surface area contributed by atoms with Crippen LogP contribution < -0.4 is 5.73 Å². The first-order valence-electron chi connectivity index (χ1n) is 7.03. The Balaban J connectivity index is 1.82. The van der Waals surface area contributed by atoms with Crippen LogP contribution in [0.15, 0.2) is 0 Å². The van der Waals surface area contributed by atoms with E-state index in [9.17, 15) is 0 Å². The second-order valence-electron chi connectivity index (χ2n) is 5.18. The highest BCUT2D eigenvalue weighted by molar-refractivity contribution is 5.19. The van der Waals surface area contributed by atoms with Crippen LogP contribution in [0.5, 0.6) is 0 Å². The molecule has 0 radical (unpaired) electrons. The maximum Gasteiger partial charge on any atom is 0.223 e. The number of nitrogens with two attached hydrogens (primary N) is 1. The summed E-state index contributed by atoms with van der Waals surface area (Å²) in [4.78, 5) is 13.1. The van der Waals surface area contributed by atoms with Gasteiger partial charge >= 0.3 is 0 Å². The van der Waals surface area contributed by atoms with Crippen LogP contribution in [0.4, 0.5) is 5.95 Å². The van der Waals surface area contributed by atoms with Crippen LogP contribution in [0.3, 0.4) is 0 Å². The Bertz CT molecular complexity index is 392. The molecule has 1 aromatic rings. The van der Waals surface area contributed by atoms with Crippen LogP contribution in [0.2, 0.25) is 0 Å². The van der Waals surface area contributed by atoms with Gasteiger partial charge in [0, 0.05) is 5.92 Å². The number of nitrogen functional groups attached to an aromatic ring is 1. The van der Waals surface area contributed by atoms with E-state index in [1.165, 1.54) is 19.3 Å². The van der Waals surface area contributed by atoms with Gasteiger partial charge in [0.05, 0.1) is 19.8 Å².